The summed E-state index contributed by atoms with van der Waals surface area (Å²) in [6.45, 7) is 0. The molecule has 9 aromatic carbocycles. The second-order valence-corrected chi connectivity index (χ2v) is 16.2. The third kappa shape index (κ3) is 5.51. The quantitative estimate of drug-likeness (QED) is 0.164. The summed E-state index contributed by atoms with van der Waals surface area (Å²) in [5.74, 6) is 0. The molecular formula is C52H33NS2. The summed E-state index contributed by atoms with van der Waals surface area (Å²) in [7, 11) is 0. The van der Waals surface area contributed by atoms with Crippen molar-refractivity contribution in [1.29, 1.82) is 0 Å². The third-order valence-electron chi connectivity index (χ3n) is 10.9. The largest absolute Gasteiger partial charge is 0.310 e. The summed E-state index contributed by atoms with van der Waals surface area (Å²) >= 11 is 3.76. The lowest BCUT2D eigenvalue weighted by Crippen LogP contribution is -2.10. The zero-order valence-corrected chi connectivity index (χ0v) is 31.4. The maximum absolute atomic E-state index is 2.38. The summed E-state index contributed by atoms with van der Waals surface area (Å²) < 4.78 is 5.32. The van der Waals surface area contributed by atoms with Gasteiger partial charge in [0.1, 0.15) is 0 Å². The Bertz CT molecular complexity index is 3190. The van der Waals surface area contributed by atoms with E-state index in [0.717, 1.165) is 17.1 Å². The van der Waals surface area contributed by atoms with Gasteiger partial charge in [0.05, 0.1) is 0 Å². The Morgan fingerprint density at radius 1 is 0.309 bits per heavy atom. The summed E-state index contributed by atoms with van der Waals surface area (Å²) in [5.41, 5.74) is 10.7. The number of fused-ring (bicyclic) bond motifs is 8. The van der Waals surface area contributed by atoms with Crippen molar-refractivity contribution in [1.82, 2.24) is 0 Å². The number of rotatable bonds is 6. The van der Waals surface area contributed by atoms with Crippen molar-refractivity contribution < 1.29 is 0 Å². The van der Waals surface area contributed by atoms with Gasteiger partial charge in [0.25, 0.3) is 0 Å². The van der Waals surface area contributed by atoms with Gasteiger partial charge < -0.3 is 4.90 Å². The van der Waals surface area contributed by atoms with Crippen LogP contribution in [-0.2, 0) is 0 Å². The first-order chi connectivity index (χ1) is 27.2. The summed E-state index contributed by atoms with van der Waals surface area (Å²) in [6.07, 6.45) is 0. The molecule has 0 N–H and O–H groups in total. The second kappa shape index (κ2) is 13.1. The van der Waals surface area contributed by atoms with Gasteiger partial charge in [-0.2, -0.15) is 0 Å². The van der Waals surface area contributed by atoms with Crippen molar-refractivity contribution in [3.05, 3.63) is 200 Å². The predicted molar refractivity (Wildman–Crippen MR) is 241 cm³/mol. The first kappa shape index (κ1) is 32.0. The van der Waals surface area contributed by atoms with Crippen LogP contribution in [0.25, 0.3) is 84.5 Å². The molecule has 55 heavy (non-hydrogen) atoms. The van der Waals surface area contributed by atoms with Crippen LogP contribution in [0.2, 0.25) is 0 Å². The van der Waals surface area contributed by atoms with E-state index in [1.165, 1.54) is 84.5 Å². The van der Waals surface area contributed by atoms with Gasteiger partial charge in [0.2, 0.25) is 0 Å². The van der Waals surface area contributed by atoms with Gasteiger partial charge in [-0.25, -0.2) is 0 Å². The van der Waals surface area contributed by atoms with Crippen LogP contribution in [-0.4, -0.2) is 0 Å². The van der Waals surface area contributed by atoms with E-state index in [-0.39, 0.29) is 0 Å². The molecule has 0 fully saturated rings. The first-order valence-electron chi connectivity index (χ1n) is 18.7. The molecule has 0 bridgehead atoms. The van der Waals surface area contributed by atoms with Crippen LogP contribution in [0, 0.1) is 0 Å². The molecule has 11 rings (SSSR count). The zero-order valence-electron chi connectivity index (χ0n) is 29.8. The number of anilines is 3. The van der Waals surface area contributed by atoms with Gasteiger partial charge in [0.15, 0.2) is 0 Å². The molecule has 0 amide bonds. The third-order valence-corrected chi connectivity index (χ3v) is 13.2. The Labute approximate surface area is 327 Å². The first-order valence-corrected chi connectivity index (χ1v) is 20.3. The van der Waals surface area contributed by atoms with E-state index in [4.69, 9.17) is 0 Å². The summed E-state index contributed by atoms with van der Waals surface area (Å²) in [6, 6.07) is 73.3. The fraction of sp³-hybridized carbons (Fsp3) is 0. The van der Waals surface area contributed by atoms with E-state index in [1.54, 1.807) is 0 Å². The Hall–Kier alpha value is -6.52. The molecule has 0 aliphatic carbocycles. The lowest BCUT2D eigenvalue weighted by molar-refractivity contribution is 1.28. The topological polar surface area (TPSA) is 3.24 Å². The van der Waals surface area contributed by atoms with Crippen LogP contribution in [0.3, 0.4) is 0 Å². The van der Waals surface area contributed by atoms with E-state index in [9.17, 15) is 0 Å². The normalized spacial score (nSPS) is 11.6. The highest BCUT2D eigenvalue weighted by atomic mass is 32.1. The molecule has 0 aliphatic heterocycles. The lowest BCUT2D eigenvalue weighted by Gasteiger charge is -2.26. The molecule has 11 aromatic rings. The van der Waals surface area contributed by atoms with Crippen LogP contribution >= 0.6 is 22.7 Å². The fourth-order valence-electron chi connectivity index (χ4n) is 8.20. The molecule has 0 atom stereocenters. The summed E-state index contributed by atoms with van der Waals surface area (Å²) in [5, 5.41) is 7.90. The van der Waals surface area contributed by atoms with E-state index < -0.39 is 0 Å². The minimum absolute atomic E-state index is 1.11. The fourth-order valence-corrected chi connectivity index (χ4v) is 10.5. The van der Waals surface area contributed by atoms with Crippen LogP contribution in [0.4, 0.5) is 17.1 Å². The van der Waals surface area contributed by atoms with E-state index in [1.807, 2.05) is 22.7 Å². The van der Waals surface area contributed by atoms with Crippen molar-refractivity contribution in [3.8, 4) is 33.4 Å². The highest BCUT2D eigenvalue weighted by molar-refractivity contribution is 7.26. The van der Waals surface area contributed by atoms with Gasteiger partial charge in [-0.05, 0) is 105 Å². The number of hydrogen-bond donors (Lipinski definition) is 0. The van der Waals surface area contributed by atoms with Gasteiger partial charge in [0, 0.05) is 57.4 Å². The number of nitrogens with zero attached hydrogens (tertiary/aromatic N) is 1. The Kier molecular flexibility index (Phi) is 7.61. The molecule has 0 aliphatic rings. The monoisotopic (exact) mass is 735 g/mol. The van der Waals surface area contributed by atoms with Gasteiger partial charge in [-0.15, -0.1) is 22.7 Å². The molecule has 258 valence electrons. The van der Waals surface area contributed by atoms with Crippen molar-refractivity contribution >= 4 is 90.9 Å². The van der Waals surface area contributed by atoms with Crippen molar-refractivity contribution in [2.45, 2.75) is 0 Å². The average molecular weight is 736 g/mol. The maximum atomic E-state index is 2.38. The molecule has 0 unspecified atom stereocenters. The number of benzene rings is 9. The van der Waals surface area contributed by atoms with Crippen molar-refractivity contribution in [2.75, 3.05) is 4.90 Å². The van der Waals surface area contributed by atoms with Crippen LogP contribution < -0.4 is 4.90 Å². The standard InChI is InChI=1S/C52H33NS2/c1-2-10-34(11-3-1)35-20-26-40(27-21-35)53(42-14-8-13-39(32-42)43-17-9-19-50-51(43)46-16-6-7-18-48(46)54-50)41-28-22-36(23-29-41)38-25-31-49-47(33-38)45-30-24-37-12-4-5-15-44(37)52(45)55-49/h1-33H. The zero-order chi connectivity index (χ0) is 36.3. The minimum Gasteiger partial charge on any atom is -0.310 e. The van der Waals surface area contributed by atoms with Gasteiger partial charge in [-0.1, -0.05) is 140 Å². The lowest BCUT2D eigenvalue weighted by atomic mass is 9.98. The maximum Gasteiger partial charge on any atom is 0.0467 e. The van der Waals surface area contributed by atoms with Crippen LogP contribution in [0.1, 0.15) is 0 Å². The van der Waals surface area contributed by atoms with Crippen molar-refractivity contribution in [2.24, 2.45) is 0 Å². The average Bonchev–Trinajstić information content (AvgIpc) is 3.83. The Morgan fingerprint density at radius 3 is 1.75 bits per heavy atom. The van der Waals surface area contributed by atoms with Crippen LogP contribution in [0.15, 0.2) is 200 Å². The molecule has 0 radical (unpaired) electrons. The number of hydrogen-bond acceptors (Lipinski definition) is 3. The molecule has 0 saturated heterocycles. The highest BCUT2D eigenvalue weighted by Gasteiger charge is 2.17. The molecule has 2 aromatic heterocycles. The minimum atomic E-state index is 1.11. The van der Waals surface area contributed by atoms with Crippen LogP contribution in [0.5, 0.6) is 0 Å². The molecule has 0 saturated carbocycles. The molecular weight excluding hydrogens is 703 g/mol. The highest BCUT2D eigenvalue weighted by Crippen LogP contribution is 2.44. The predicted octanol–water partition coefficient (Wildman–Crippen LogP) is 16.0. The smallest absolute Gasteiger partial charge is 0.0467 e. The number of thiophene rings is 2. The molecule has 3 heteroatoms. The van der Waals surface area contributed by atoms with E-state index >= 15 is 0 Å². The van der Waals surface area contributed by atoms with Crippen molar-refractivity contribution in [3.63, 3.8) is 0 Å². The molecule has 2 heterocycles. The van der Waals surface area contributed by atoms with E-state index in [0.29, 0.717) is 0 Å². The Morgan fingerprint density at radius 2 is 0.927 bits per heavy atom. The second-order valence-electron chi connectivity index (χ2n) is 14.1. The molecule has 1 nitrogen and oxygen atoms in total. The van der Waals surface area contributed by atoms with E-state index in [2.05, 4.69) is 205 Å². The SMILES string of the molecule is c1ccc(-c2ccc(N(c3ccc(-c4ccc5sc6c7ccccc7ccc6c5c4)cc3)c3cccc(-c4cccc5sc6ccccc6c45)c3)cc2)cc1. The molecule has 0 spiro atoms. The van der Waals surface area contributed by atoms with Gasteiger partial charge in [-0.3, -0.25) is 0 Å². The van der Waals surface area contributed by atoms with Gasteiger partial charge >= 0.3 is 0 Å². The Balaban J connectivity index is 1.01. The summed E-state index contributed by atoms with van der Waals surface area (Å²) in [4.78, 5) is 2.38.